The van der Waals surface area contributed by atoms with Crippen molar-refractivity contribution >= 4 is 17.9 Å². The van der Waals surface area contributed by atoms with Gasteiger partial charge < -0.3 is 29.1 Å². The lowest BCUT2D eigenvalue weighted by atomic mass is 9.92. The molecule has 46 heavy (non-hydrogen) atoms. The molecule has 1 aliphatic carbocycles. The minimum Gasteiger partial charge on any atom is -0.488 e. The number of amides is 1. The van der Waals surface area contributed by atoms with Gasteiger partial charge in [-0.05, 0) is 81.3 Å². The molecule has 3 aliphatic rings. The first-order chi connectivity index (χ1) is 22.0. The Balaban J connectivity index is 1.23. The van der Waals surface area contributed by atoms with Crippen LogP contribution in [0, 0.1) is 29.6 Å². The van der Waals surface area contributed by atoms with Crippen molar-refractivity contribution in [2.75, 3.05) is 31.7 Å². The van der Waals surface area contributed by atoms with Gasteiger partial charge in [-0.25, -0.2) is 9.78 Å². The lowest BCUT2D eigenvalue weighted by molar-refractivity contribution is -0.144. The number of methoxy groups -OCH3 is 1. The minimum absolute atomic E-state index is 0.0831. The smallest absolute Gasteiger partial charge is 0.410 e. The van der Waals surface area contributed by atoms with Crippen LogP contribution in [0.1, 0.15) is 55.0 Å². The lowest BCUT2D eigenvalue weighted by Crippen LogP contribution is -2.43. The number of hydrogen-bond acceptors (Lipinski definition) is 8. The molecule has 1 saturated carbocycles. The number of aryl methyl sites for hydroxylation is 1. The number of carbonyl (C=O) groups is 2. The van der Waals surface area contributed by atoms with Crippen LogP contribution >= 0.6 is 0 Å². The summed E-state index contributed by atoms with van der Waals surface area (Å²) in [5, 5.41) is 20.2. The molecule has 10 nitrogen and oxygen atoms in total. The molecule has 1 N–H and O–H groups in total. The summed E-state index contributed by atoms with van der Waals surface area (Å²) in [4.78, 5) is 33.6. The number of carbonyl (C=O) groups excluding carboxylic acids is 1. The van der Waals surface area contributed by atoms with E-state index in [-0.39, 0.29) is 24.7 Å². The number of anilines is 1. The molecule has 1 amide bonds. The summed E-state index contributed by atoms with van der Waals surface area (Å²) in [6.45, 7) is 9.51. The number of rotatable bonds is 8. The summed E-state index contributed by atoms with van der Waals surface area (Å²) in [6.07, 6.45) is 0.867. The Kier molecular flexibility index (Phi) is 8.15. The predicted molar refractivity (Wildman–Crippen MR) is 171 cm³/mol. The van der Waals surface area contributed by atoms with Gasteiger partial charge in [0.25, 0.3) is 0 Å². The van der Waals surface area contributed by atoms with Gasteiger partial charge in [0.15, 0.2) is 0 Å². The Morgan fingerprint density at radius 1 is 1.15 bits per heavy atom. The SMILES string of the molecule is COC[C@H]1N(c2cccc(-c3cccc(C)c3OCc3ccc4c(c3C#N)CCN(C(=O)OC(C)(C)C)C4)n2)CC2C[C@@]21C(=O)O. The Morgan fingerprint density at radius 3 is 2.65 bits per heavy atom. The second-order valence-electron chi connectivity index (χ2n) is 13.5. The van der Waals surface area contributed by atoms with Gasteiger partial charge in [0, 0.05) is 37.9 Å². The topological polar surface area (TPSA) is 125 Å². The molecule has 3 aromatic rings. The number of nitriles is 1. The third-order valence-corrected chi connectivity index (χ3v) is 9.40. The maximum atomic E-state index is 12.7. The normalized spacial score (nSPS) is 21.7. The molecular formula is C36H40N4O6. The minimum atomic E-state index is -0.785. The largest absolute Gasteiger partial charge is 0.488 e. The second kappa shape index (κ2) is 12.0. The highest BCUT2D eigenvalue weighted by molar-refractivity contribution is 5.82. The molecule has 10 heteroatoms. The molecule has 0 bridgehead atoms. The number of hydrogen-bond donors (Lipinski definition) is 1. The molecule has 2 aromatic carbocycles. The Bertz CT molecular complexity index is 1730. The van der Waals surface area contributed by atoms with Crippen molar-refractivity contribution in [3.05, 3.63) is 76.3 Å². The molecular weight excluding hydrogens is 584 g/mol. The maximum Gasteiger partial charge on any atom is 0.410 e. The van der Waals surface area contributed by atoms with Crippen molar-refractivity contribution < 1.29 is 28.9 Å². The third kappa shape index (κ3) is 5.64. The van der Waals surface area contributed by atoms with Crippen LogP contribution < -0.4 is 9.64 Å². The van der Waals surface area contributed by atoms with E-state index >= 15 is 0 Å². The number of ether oxygens (including phenoxy) is 3. The number of fused-ring (bicyclic) bond motifs is 2. The van der Waals surface area contributed by atoms with E-state index in [9.17, 15) is 20.0 Å². The molecule has 1 unspecified atom stereocenters. The van der Waals surface area contributed by atoms with Crippen molar-refractivity contribution in [3.63, 3.8) is 0 Å². The van der Waals surface area contributed by atoms with Crippen LogP contribution in [0.25, 0.3) is 11.3 Å². The zero-order chi connectivity index (χ0) is 32.8. The maximum absolute atomic E-state index is 12.7. The number of aromatic nitrogens is 1. The fourth-order valence-corrected chi connectivity index (χ4v) is 7.06. The van der Waals surface area contributed by atoms with E-state index in [0.29, 0.717) is 61.9 Å². The molecule has 2 aliphatic heterocycles. The van der Waals surface area contributed by atoms with Crippen molar-refractivity contribution in [3.8, 4) is 23.1 Å². The van der Waals surface area contributed by atoms with E-state index in [1.54, 1.807) is 12.0 Å². The number of carboxylic acids is 1. The molecule has 0 spiro atoms. The van der Waals surface area contributed by atoms with Gasteiger partial charge in [-0.3, -0.25) is 4.79 Å². The Labute approximate surface area is 269 Å². The molecule has 3 heterocycles. The summed E-state index contributed by atoms with van der Waals surface area (Å²) >= 11 is 0. The van der Waals surface area contributed by atoms with E-state index in [2.05, 4.69) is 11.0 Å². The molecule has 240 valence electrons. The van der Waals surface area contributed by atoms with Gasteiger partial charge in [0.1, 0.15) is 23.8 Å². The second-order valence-corrected chi connectivity index (χ2v) is 13.5. The number of benzene rings is 2. The standard InChI is InChI=1S/C36H40N4O6/c1-22-8-6-9-27(29-10-7-11-31(38-29)40-19-25-16-36(25,33(41)42)30(40)21-44-5)32(22)45-20-24-13-12-23-18-39(34(43)46-35(2,3)4)15-14-26(23)28(24)17-37/h6-13,25,30H,14-16,18-21H2,1-5H3,(H,41,42)/t25?,30-,36-/m1/s1. The molecule has 0 radical (unpaired) electrons. The Hall–Kier alpha value is -4.62. The first-order valence-corrected chi connectivity index (χ1v) is 15.7. The van der Waals surface area contributed by atoms with Crippen LogP contribution in [0.5, 0.6) is 5.75 Å². The van der Waals surface area contributed by atoms with Gasteiger partial charge in [-0.1, -0.05) is 30.3 Å². The van der Waals surface area contributed by atoms with E-state index in [4.69, 9.17) is 19.2 Å². The highest BCUT2D eigenvalue weighted by Gasteiger charge is 2.71. The molecule has 2 fully saturated rings. The quantitative estimate of drug-likeness (QED) is 0.335. The first kappa shape index (κ1) is 31.4. The summed E-state index contributed by atoms with van der Waals surface area (Å²) in [7, 11) is 1.60. The van der Waals surface area contributed by atoms with Crippen molar-refractivity contribution in [1.29, 1.82) is 5.26 Å². The predicted octanol–water partition coefficient (Wildman–Crippen LogP) is 5.73. The van der Waals surface area contributed by atoms with Gasteiger partial charge in [0.05, 0.1) is 35.4 Å². The molecule has 3 atom stereocenters. The summed E-state index contributed by atoms with van der Waals surface area (Å²) < 4.78 is 17.5. The number of piperidine rings is 1. The van der Waals surface area contributed by atoms with E-state index < -0.39 is 17.0 Å². The van der Waals surface area contributed by atoms with Crippen LogP contribution in [0.3, 0.4) is 0 Å². The van der Waals surface area contributed by atoms with Gasteiger partial charge in [-0.2, -0.15) is 5.26 Å². The van der Waals surface area contributed by atoms with E-state index in [1.807, 2.05) is 76.2 Å². The summed E-state index contributed by atoms with van der Waals surface area (Å²) in [5.74, 6) is 0.693. The third-order valence-electron chi connectivity index (χ3n) is 9.40. The van der Waals surface area contributed by atoms with Crippen LogP contribution in [0.15, 0.2) is 48.5 Å². The highest BCUT2D eigenvalue weighted by Crippen LogP contribution is 2.62. The average molecular weight is 625 g/mol. The number of carboxylic acid groups (broad SMARTS) is 1. The number of para-hydroxylation sites is 1. The average Bonchev–Trinajstić information content (AvgIpc) is 3.67. The monoisotopic (exact) mass is 624 g/mol. The van der Waals surface area contributed by atoms with Crippen LogP contribution in [-0.2, 0) is 33.8 Å². The number of aliphatic carboxylic acids is 1. The summed E-state index contributed by atoms with van der Waals surface area (Å²) in [5.41, 5.74) is 4.33. The molecule has 1 saturated heterocycles. The van der Waals surface area contributed by atoms with Crippen LogP contribution in [0.4, 0.5) is 10.6 Å². The van der Waals surface area contributed by atoms with Crippen molar-refractivity contribution in [2.45, 2.75) is 65.3 Å². The fourth-order valence-electron chi connectivity index (χ4n) is 7.06. The van der Waals surface area contributed by atoms with Crippen molar-refractivity contribution in [1.82, 2.24) is 9.88 Å². The molecule has 1 aromatic heterocycles. The van der Waals surface area contributed by atoms with E-state index in [1.165, 1.54) is 0 Å². The Morgan fingerprint density at radius 2 is 1.93 bits per heavy atom. The molecule has 6 rings (SSSR count). The lowest BCUT2D eigenvalue weighted by Gasteiger charge is -2.32. The number of nitrogens with zero attached hydrogens (tertiary/aromatic N) is 4. The van der Waals surface area contributed by atoms with Gasteiger partial charge in [0.2, 0.25) is 0 Å². The number of pyridine rings is 1. The van der Waals surface area contributed by atoms with Gasteiger partial charge >= 0.3 is 12.1 Å². The zero-order valence-electron chi connectivity index (χ0n) is 27.0. The van der Waals surface area contributed by atoms with Gasteiger partial charge in [-0.15, -0.1) is 0 Å². The van der Waals surface area contributed by atoms with E-state index in [0.717, 1.165) is 27.8 Å². The van der Waals surface area contributed by atoms with Crippen LogP contribution in [0.2, 0.25) is 0 Å². The summed E-state index contributed by atoms with van der Waals surface area (Å²) in [6, 6.07) is 17.6. The van der Waals surface area contributed by atoms with Crippen molar-refractivity contribution in [2.24, 2.45) is 11.3 Å². The fraction of sp³-hybridized carbons (Fsp3) is 0.444. The van der Waals surface area contributed by atoms with Crippen LogP contribution in [-0.4, -0.2) is 65.5 Å². The first-order valence-electron chi connectivity index (χ1n) is 15.7. The highest BCUT2D eigenvalue weighted by atomic mass is 16.6. The zero-order valence-corrected chi connectivity index (χ0v) is 27.0.